The van der Waals surface area contributed by atoms with E-state index in [4.69, 9.17) is 9.47 Å². The van der Waals surface area contributed by atoms with Gasteiger partial charge in [-0.15, -0.1) is 0 Å². The van der Waals surface area contributed by atoms with Crippen LogP contribution in [-0.2, 0) is 26.5 Å². The Balaban J connectivity index is 1.51. The predicted octanol–water partition coefficient (Wildman–Crippen LogP) is 4.10. The summed E-state index contributed by atoms with van der Waals surface area (Å²) in [6, 6.07) is 13.2. The maximum Gasteiger partial charge on any atom is 0.410 e. The van der Waals surface area contributed by atoms with E-state index in [2.05, 4.69) is 20.9 Å². The largest absolute Gasteiger partial charge is 0.480 e. The number of benzene rings is 1. The summed E-state index contributed by atoms with van der Waals surface area (Å²) in [7, 11) is 0. The van der Waals surface area contributed by atoms with E-state index in [0.717, 1.165) is 24.0 Å². The number of carbonyl (C=O) groups is 2. The molecule has 2 fully saturated rings. The summed E-state index contributed by atoms with van der Waals surface area (Å²) in [6.45, 7) is -0.166. The van der Waals surface area contributed by atoms with E-state index in [1.807, 2.05) is 47.4 Å². The molecule has 0 aliphatic carbocycles. The van der Waals surface area contributed by atoms with E-state index in [1.54, 1.807) is 6.20 Å². The number of nitrogens with zero attached hydrogens (tertiary/aromatic N) is 2. The molecule has 158 valence electrons. The molecule has 2 saturated heterocycles. The number of piperidine rings is 1. The van der Waals surface area contributed by atoms with Crippen molar-refractivity contribution in [2.45, 2.75) is 50.0 Å². The summed E-state index contributed by atoms with van der Waals surface area (Å²) >= 11 is 3.34. The first-order valence-electron chi connectivity index (χ1n) is 9.94. The summed E-state index contributed by atoms with van der Waals surface area (Å²) in [5, 5.41) is 9.18. The maximum absolute atomic E-state index is 12.8. The SMILES string of the molecule is O=C(O)COC1(c2ccc(Br)nc2)CC2CCC(C1)N2C(=O)OCc1ccccc1. The number of carboxylic acid groups (broad SMARTS) is 1. The molecule has 2 aliphatic heterocycles. The lowest BCUT2D eigenvalue weighted by Crippen LogP contribution is -2.53. The molecule has 0 radical (unpaired) electrons. The van der Waals surface area contributed by atoms with Crippen molar-refractivity contribution in [1.29, 1.82) is 0 Å². The fourth-order valence-electron chi connectivity index (χ4n) is 4.58. The van der Waals surface area contributed by atoms with Crippen LogP contribution in [0.5, 0.6) is 0 Å². The summed E-state index contributed by atoms with van der Waals surface area (Å²) in [4.78, 5) is 30.2. The number of carboxylic acids is 1. The average Bonchev–Trinajstić information content (AvgIpc) is 3.03. The zero-order valence-electron chi connectivity index (χ0n) is 16.4. The molecular weight excluding hydrogens is 452 g/mol. The van der Waals surface area contributed by atoms with Gasteiger partial charge in [-0.1, -0.05) is 36.4 Å². The van der Waals surface area contributed by atoms with Crippen molar-refractivity contribution in [2.75, 3.05) is 6.61 Å². The van der Waals surface area contributed by atoms with E-state index in [0.29, 0.717) is 17.4 Å². The van der Waals surface area contributed by atoms with Crippen LogP contribution in [0.3, 0.4) is 0 Å². The fourth-order valence-corrected chi connectivity index (χ4v) is 4.82. The summed E-state index contributed by atoms with van der Waals surface area (Å²) in [5.74, 6) is -1.02. The third-order valence-corrected chi connectivity index (χ3v) is 6.36. The lowest BCUT2D eigenvalue weighted by atomic mass is 9.81. The average molecular weight is 475 g/mol. The third-order valence-electron chi connectivity index (χ3n) is 5.89. The number of hydrogen-bond acceptors (Lipinski definition) is 5. The molecule has 30 heavy (non-hydrogen) atoms. The van der Waals surface area contributed by atoms with Crippen molar-refractivity contribution in [3.63, 3.8) is 0 Å². The van der Waals surface area contributed by atoms with Gasteiger partial charge in [0.2, 0.25) is 0 Å². The van der Waals surface area contributed by atoms with Crippen LogP contribution in [-0.4, -0.2) is 45.7 Å². The second-order valence-corrected chi connectivity index (χ2v) is 8.60. The van der Waals surface area contributed by atoms with Crippen molar-refractivity contribution in [2.24, 2.45) is 0 Å². The third kappa shape index (κ3) is 4.34. The molecule has 2 atom stereocenters. The number of hydrogen-bond donors (Lipinski definition) is 1. The Kier molecular flexibility index (Phi) is 6.06. The monoisotopic (exact) mass is 474 g/mol. The van der Waals surface area contributed by atoms with Gasteiger partial charge in [0, 0.05) is 36.7 Å². The van der Waals surface area contributed by atoms with Gasteiger partial charge in [0.1, 0.15) is 17.8 Å². The van der Waals surface area contributed by atoms with Gasteiger partial charge in [-0.3, -0.25) is 0 Å². The van der Waals surface area contributed by atoms with Gasteiger partial charge in [0.25, 0.3) is 0 Å². The molecular formula is C22H23BrN2O5. The predicted molar refractivity (Wildman–Crippen MR) is 112 cm³/mol. The normalized spacial score (nSPS) is 25.2. The first-order chi connectivity index (χ1) is 14.5. The molecule has 0 saturated carbocycles. The summed E-state index contributed by atoms with van der Waals surface area (Å²) < 4.78 is 12.2. The maximum atomic E-state index is 12.8. The zero-order valence-corrected chi connectivity index (χ0v) is 18.0. The van der Waals surface area contributed by atoms with Crippen LogP contribution in [0.25, 0.3) is 0 Å². The fraction of sp³-hybridized carbons (Fsp3) is 0.409. The highest BCUT2D eigenvalue weighted by Crippen LogP contribution is 2.48. The topological polar surface area (TPSA) is 89.0 Å². The second kappa shape index (κ2) is 8.73. The number of aromatic nitrogens is 1. The van der Waals surface area contributed by atoms with E-state index >= 15 is 0 Å². The van der Waals surface area contributed by atoms with Crippen LogP contribution in [0.4, 0.5) is 4.79 Å². The molecule has 4 rings (SSSR count). The van der Waals surface area contributed by atoms with Gasteiger partial charge in [-0.2, -0.15) is 0 Å². The first kappa shape index (κ1) is 20.8. The molecule has 7 nitrogen and oxygen atoms in total. The number of carbonyl (C=O) groups excluding carboxylic acids is 1. The summed E-state index contributed by atoms with van der Waals surface area (Å²) in [5.41, 5.74) is 0.991. The van der Waals surface area contributed by atoms with Crippen LogP contribution in [0, 0.1) is 0 Å². The van der Waals surface area contributed by atoms with E-state index < -0.39 is 18.2 Å². The van der Waals surface area contributed by atoms with Gasteiger partial charge in [-0.25, -0.2) is 14.6 Å². The quantitative estimate of drug-likeness (QED) is 0.633. The standard InChI is InChI=1S/C22H23BrN2O5/c23-19-9-6-16(12-24-19)22(30-14-20(26)27)10-17-7-8-18(11-22)25(17)21(28)29-13-15-4-2-1-3-5-15/h1-6,9,12,17-18H,7-8,10-11,13-14H2,(H,26,27). The molecule has 1 aromatic carbocycles. The van der Waals surface area contributed by atoms with Gasteiger partial charge in [0.05, 0.1) is 5.60 Å². The molecule has 0 spiro atoms. The van der Waals surface area contributed by atoms with Crippen LogP contribution in [0.1, 0.15) is 36.8 Å². The molecule has 2 aliphatic rings. The van der Waals surface area contributed by atoms with Crippen molar-refractivity contribution >= 4 is 28.0 Å². The molecule has 2 unspecified atom stereocenters. The Morgan fingerprint density at radius 2 is 1.83 bits per heavy atom. The smallest absolute Gasteiger partial charge is 0.410 e. The highest BCUT2D eigenvalue weighted by Gasteiger charge is 2.52. The number of amides is 1. The second-order valence-electron chi connectivity index (χ2n) is 7.79. The lowest BCUT2D eigenvalue weighted by molar-refractivity contribution is -0.157. The van der Waals surface area contributed by atoms with E-state index in [9.17, 15) is 14.7 Å². The Bertz CT molecular complexity index is 892. The van der Waals surface area contributed by atoms with Crippen molar-refractivity contribution in [3.8, 4) is 0 Å². The van der Waals surface area contributed by atoms with Gasteiger partial charge in [-0.05, 0) is 40.4 Å². The molecule has 2 aromatic rings. The van der Waals surface area contributed by atoms with Crippen LogP contribution >= 0.6 is 15.9 Å². The minimum atomic E-state index is -1.02. The van der Waals surface area contributed by atoms with Gasteiger partial charge < -0.3 is 19.5 Å². The van der Waals surface area contributed by atoms with Gasteiger partial charge >= 0.3 is 12.1 Å². The van der Waals surface area contributed by atoms with Crippen LogP contribution < -0.4 is 0 Å². The molecule has 1 amide bonds. The number of ether oxygens (including phenoxy) is 2. The molecule has 8 heteroatoms. The van der Waals surface area contributed by atoms with Gasteiger partial charge in [0.15, 0.2) is 0 Å². The van der Waals surface area contributed by atoms with E-state index in [1.165, 1.54) is 0 Å². The highest BCUT2D eigenvalue weighted by molar-refractivity contribution is 9.10. The van der Waals surface area contributed by atoms with Crippen LogP contribution in [0.2, 0.25) is 0 Å². The first-order valence-corrected chi connectivity index (χ1v) is 10.7. The minimum absolute atomic E-state index is 0.0653. The van der Waals surface area contributed by atoms with Crippen molar-refractivity contribution in [1.82, 2.24) is 9.88 Å². The highest BCUT2D eigenvalue weighted by atomic mass is 79.9. The van der Waals surface area contributed by atoms with Crippen molar-refractivity contribution < 1.29 is 24.2 Å². The summed E-state index contributed by atoms with van der Waals surface area (Å²) in [6.07, 6.45) is 4.10. The number of aliphatic carboxylic acids is 1. The number of rotatable bonds is 6. The lowest BCUT2D eigenvalue weighted by Gasteiger charge is -2.45. The number of pyridine rings is 1. The Labute approximate surface area is 183 Å². The van der Waals surface area contributed by atoms with E-state index in [-0.39, 0.29) is 24.8 Å². The Hall–Kier alpha value is -2.45. The molecule has 3 heterocycles. The van der Waals surface area contributed by atoms with Crippen molar-refractivity contribution in [3.05, 3.63) is 64.4 Å². The molecule has 1 aromatic heterocycles. The van der Waals surface area contributed by atoms with Crippen LogP contribution in [0.15, 0.2) is 53.3 Å². The minimum Gasteiger partial charge on any atom is -0.480 e. The Morgan fingerprint density at radius 3 is 2.43 bits per heavy atom. The number of fused-ring (bicyclic) bond motifs is 2. The zero-order chi connectivity index (χ0) is 21.1. The molecule has 1 N–H and O–H groups in total. The number of halogens is 1. The molecule has 2 bridgehead atoms. The Morgan fingerprint density at radius 1 is 1.13 bits per heavy atom.